The second kappa shape index (κ2) is 5.32. The Bertz CT molecular complexity index is 340. The summed E-state index contributed by atoms with van der Waals surface area (Å²) in [6, 6.07) is 8.80. The van der Waals surface area contributed by atoms with E-state index in [4.69, 9.17) is 10.5 Å². The third-order valence-corrected chi connectivity index (χ3v) is 3.19. The fourth-order valence-corrected chi connectivity index (χ4v) is 2.40. The van der Waals surface area contributed by atoms with E-state index in [2.05, 4.69) is 30.0 Å². The summed E-state index contributed by atoms with van der Waals surface area (Å²) in [7, 11) is 0. The second-order valence-electron chi connectivity index (χ2n) is 4.11. The number of nitrogens with two attached hydrogens (primary N) is 1. The number of benzene rings is 1. The fraction of sp³-hybridized carbons (Fsp3) is 0.538. The van der Waals surface area contributed by atoms with Gasteiger partial charge in [-0.25, -0.2) is 0 Å². The number of fused-ring (bicyclic) bond motifs is 1. The maximum atomic E-state index is 5.67. The Hall–Kier alpha value is -1.06. The van der Waals surface area contributed by atoms with Crippen LogP contribution in [-0.4, -0.2) is 31.1 Å². The number of rotatable bonds is 4. The van der Waals surface area contributed by atoms with Gasteiger partial charge in [0.2, 0.25) is 0 Å². The van der Waals surface area contributed by atoms with Gasteiger partial charge in [0, 0.05) is 31.1 Å². The van der Waals surface area contributed by atoms with Crippen molar-refractivity contribution >= 4 is 0 Å². The minimum absolute atomic E-state index is 0.471. The third kappa shape index (κ3) is 2.20. The van der Waals surface area contributed by atoms with Crippen LogP contribution in [0.2, 0.25) is 0 Å². The number of likely N-dealkylation sites (N-methyl/N-ethyl adjacent to an activating group) is 1. The lowest BCUT2D eigenvalue weighted by molar-refractivity contribution is 0.149. The number of para-hydroxylation sites is 1. The van der Waals surface area contributed by atoms with E-state index in [1.807, 2.05) is 6.07 Å². The van der Waals surface area contributed by atoms with Crippen molar-refractivity contribution < 1.29 is 4.74 Å². The Labute approximate surface area is 97.2 Å². The highest BCUT2D eigenvalue weighted by atomic mass is 16.5. The molecule has 0 spiro atoms. The summed E-state index contributed by atoms with van der Waals surface area (Å²) in [6.07, 6.45) is 1.06. The molecule has 16 heavy (non-hydrogen) atoms. The van der Waals surface area contributed by atoms with Gasteiger partial charge < -0.3 is 10.5 Å². The van der Waals surface area contributed by atoms with Crippen molar-refractivity contribution in [2.45, 2.75) is 19.4 Å². The van der Waals surface area contributed by atoms with Gasteiger partial charge in [-0.1, -0.05) is 25.1 Å². The third-order valence-electron chi connectivity index (χ3n) is 3.19. The molecule has 1 heterocycles. The zero-order chi connectivity index (χ0) is 11.4. The van der Waals surface area contributed by atoms with Crippen LogP contribution >= 0.6 is 0 Å². The molecule has 88 valence electrons. The first-order chi connectivity index (χ1) is 7.86. The molecule has 1 aromatic rings. The van der Waals surface area contributed by atoms with Gasteiger partial charge in [0.05, 0.1) is 6.61 Å². The number of nitrogens with zero attached hydrogens (tertiary/aromatic N) is 1. The van der Waals surface area contributed by atoms with Gasteiger partial charge in [-0.15, -0.1) is 0 Å². The molecular formula is C13H20N2O. The lowest BCUT2D eigenvalue weighted by Crippen LogP contribution is -2.35. The lowest BCUT2D eigenvalue weighted by atomic mass is 9.99. The van der Waals surface area contributed by atoms with Gasteiger partial charge >= 0.3 is 0 Å². The minimum atomic E-state index is 0.471. The van der Waals surface area contributed by atoms with Crippen LogP contribution in [0.25, 0.3) is 0 Å². The molecule has 0 saturated heterocycles. The average molecular weight is 220 g/mol. The SMILES string of the molecule is CCN(CCN)C1CCOc2ccccc21. The number of ether oxygens (including phenoxy) is 1. The maximum absolute atomic E-state index is 5.67. The predicted octanol–water partition coefficient (Wildman–Crippen LogP) is 1.79. The highest BCUT2D eigenvalue weighted by Crippen LogP contribution is 2.35. The molecule has 1 atom stereocenters. The van der Waals surface area contributed by atoms with Gasteiger partial charge in [-0.05, 0) is 12.6 Å². The Balaban J connectivity index is 2.23. The van der Waals surface area contributed by atoms with Crippen LogP contribution in [-0.2, 0) is 0 Å². The largest absolute Gasteiger partial charge is 0.493 e. The molecule has 0 fully saturated rings. The average Bonchev–Trinajstić information content (AvgIpc) is 2.35. The molecule has 3 nitrogen and oxygen atoms in total. The summed E-state index contributed by atoms with van der Waals surface area (Å²) in [5.41, 5.74) is 6.97. The molecule has 0 bridgehead atoms. The molecule has 3 heteroatoms. The van der Waals surface area contributed by atoms with E-state index in [-0.39, 0.29) is 0 Å². The standard InChI is InChI=1S/C13H20N2O/c1-2-15(9-8-14)12-7-10-16-13-6-4-3-5-11(12)13/h3-6,12H,2,7-10,14H2,1H3. The van der Waals surface area contributed by atoms with Crippen molar-refractivity contribution in [3.05, 3.63) is 29.8 Å². The molecule has 1 unspecified atom stereocenters. The molecule has 0 amide bonds. The highest BCUT2D eigenvalue weighted by molar-refractivity contribution is 5.37. The zero-order valence-corrected chi connectivity index (χ0v) is 9.86. The number of hydrogen-bond acceptors (Lipinski definition) is 3. The van der Waals surface area contributed by atoms with E-state index in [0.29, 0.717) is 12.6 Å². The van der Waals surface area contributed by atoms with Crippen LogP contribution in [0.3, 0.4) is 0 Å². The molecule has 1 aromatic carbocycles. The molecule has 0 aromatic heterocycles. The molecule has 0 aliphatic carbocycles. The first kappa shape index (κ1) is 11.4. The summed E-state index contributed by atoms with van der Waals surface area (Å²) in [6.45, 7) is 5.70. The lowest BCUT2D eigenvalue weighted by Gasteiger charge is -2.34. The predicted molar refractivity (Wildman–Crippen MR) is 65.6 cm³/mol. The van der Waals surface area contributed by atoms with E-state index in [1.165, 1.54) is 5.56 Å². The molecular weight excluding hydrogens is 200 g/mol. The topological polar surface area (TPSA) is 38.5 Å². The smallest absolute Gasteiger partial charge is 0.124 e. The van der Waals surface area contributed by atoms with Gasteiger partial charge in [-0.2, -0.15) is 0 Å². The Morgan fingerprint density at radius 1 is 1.44 bits per heavy atom. The summed E-state index contributed by atoms with van der Waals surface area (Å²) in [5.74, 6) is 1.04. The van der Waals surface area contributed by atoms with Crippen molar-refractivity contribution in [1.82, 2.24) is 4.90 Å². The normalized spacial score (nSPS) is 19.3. The second-order valence-corrected chi connectivity index (χ2v) is 4.11. The number of hydrogen-bond donors (Lipinski definition) is 1. The maximum Gasteiger partial charge on any atom is 0.124 e. The van der Waals surface area contributed by atoms with Crippen molar-refractivity contribution in [3.63, 3.8) is 0 Å². The van der Waals surface area contributed by atoms with Gasteiger partial charge in [0.25, 0.3) is 0 Å². The zero-order valence-electron chi connectivity index (χ0n) is 9.86. The first-order valence-corrected chi connectivity index (χ1v) is 6.02. The van der Waals surface area contributed by atoms with E-state index in [1.54, 1.807) is 0 Å². The van der Waals surface area contributed by atoms with E-state index >= 15 is 0 Å². The molecule has 1 aliphatic heterocycles. The quantitative estimate of drug-likeness (QED) is 0.840. The molecule has 0 saturated carbocycles. The van der Waals surface area contributed by atoms with Crippen molar-refractivity contribution in [2.24, 2.45) is 5.73 Å². The summed E-state index contributed by atoms with van der Waals surface area (Å²) < 4.78 is 5.67. The van der Waals surface area contributed by atoms with E-state index < -0.39 is 0 Å². The van der Waals surface area contributed by atoms with Crippen LogP contribution in [0.15, 0.2) is 24.3 Å². The van der Waals surface area contributed by atoms with Crippen molar-refractivity contribution in [1.29, 1.82) is 0 Å². The molecule has 2 N–H and O–H groups in total. The Morgan fingerprint density at radius 3 is 3.00 bits per heavy atom. The Morgan fingerprint density at radius 2 is 2.25 bits per heavy atom. The van der Waals surface area contributed by atoms with E-state index in [0.717, 1.165) is 31.9 Å². The van der Waals surface area contributed by atoms with Crippen LogP contribution in [0.4, 0.5) is 0 Å². The van der Waals surface area contributed by atoms with Gasteiger partial charge in [0.1, 0.15) is 5.75 Å². The highest BCUT2D eigenvalue weighted by Gasteiger charge is 2.25. The molecule has 1 aliphatic rings. The Kier molecular flexibility index (Phi) is 3.80. The monoisotopic (exact) mass is 220 g/mol. The van der Waals surface area contributed by atoms with Crippen molar-refractivity contribution in [2.75, 3.05) is 26.2 Å². The van der Waals surface area contributed by atoms with Crippen LogP contribution in [0, 0.1) is 0 Å². The van der Waals surface area contributed by atoms with E-state index in [9.17, 15) is 0 Å². The molecule has 0 radical (unpaired) electrons. The summed E-state index contributed by atoms with van der Waals surface area (Å²) >= 11 is 0. The van der Waals surface area contributed by atoms with Crippen molar-refractivity contribution in [3.8, 4) is 5.75 Å². The van der Waals surface area contributed by atoms with Crippen LogP contribution in [0.1, 0.15) is 24.9 Å². The fourth-order valence-electron chi connectivity index (χ4n) is 2.40. The summed E-state index contributed by atoms with van der Waals surface area (Å²) in [4.78, 5) is 2.43. The first-order valence-electron chi connectivity index (χ1n) is 6.02. The summed E-state index contributed by atoms with van der Waals surface area (Å²) in [5, 5.41) is 0. The molecule has 2 rings (SSSR count). The van der Waals surface area contributed by atoms with Gasteiger partial charge in [0.15, 0.2) is 0 Å². The van der Waals surface area contributed by atoms with Gasteiger partial charge in [-0.3, -0.25) is 4.90 Å². The minimum Gasteiger partial charge on any atom is -0.493 e. The van der Waals surface area contributed by atoms with Crippen LogP contribution < -0.4 is 10.5 Å². The van der Waals surface area contributed by atoms with Crippen LogP contribution in [0.5, 0.6) is 5.75 Å².